The first-order chi connectivity index (χ1) is 12.1. The van der Waals surface area contributed by atoms with E-state index in [2.05, 4.69) is 20.5 Å². The van der Waals surface area contributed by atoms with Crippen LogP contribution in [0.1, 0.15) is 27.5 Å². The number of aromatic nitrogens is 5. The molecule has 0 radical (unpaired) electrons. The van der Waals surface area contributed by atoms with E-state index in [1.807, 2.05) is 37.2 Å². The molecule has 8 nitrogen and oxygen atoms in total. The molecule has 2 atom stereocenters. The molecule has 1 amide bonds. The molecular formula is C17H20N6O2. The Labute approximate surface area is 144 Å². The summed E-state index contributed by atoms with van der Waals surface area (Å²) >= 11 is 0. The van der Waals surface area contributed by atoms with Crippen LogP contribution in [0, 0.1) is 6.92 Å². The minimum absolute atomic E-state index is 0.0183. The molecule has 0 aliphatic carbocycles. The van der Waals surface area contributed by atoms with Gasteiger partial charge >= 0.3 is 0 Å². The number of ether oxygens (including phenoxy) is 1. The Hall–Kier alpha value is -2.74. The SMILES string of the molecule is CO[C@@H]1CN(C(=O)c2cc(C)cc3cn[nH]c23)C[C@H]1c1cn(C)nn1. The summed E-state index contributed by atoms with van der Waals surface area (Å²) in [7, 11) is 3.50. The number of amides is 1. The topological polar surface area (TPSA) is 88.9 Å². The van der Waals surface area contributed by atoms with Crippen molar-refractivity contribution in [3.8, 4) is 0 Å². The maximum atomic E-state index is 13.1. The van der Waals surface area contributed by atoms with E-state index in [4.69, 9.17) is 4.74 Å². The number of H-pyrrole nitrogens is 1. The number of hydrogen-bond acceptors (Lipinski definition) is 5. The second kappa shape index (κ2) is 5.96. The van der Waals surface area contributed by atoms with Crippen molar-refractivity contribution < 1.29 is 9.53 Å². The largest absolute Gasteiger partial charge is 0.379 e. The smallest absolute Gasteiger partial charge is 0.256 e. The standard InChI is InChI=1S/C17H20N6O2/c1-10-4-11-6-18-20-16(11)12(5-10)17(24)23-7-13(15(9-23)25-3)14-8-22(2)21-19-14/h4-6,8,13,15H,7,9H2,1-3H3,(H,18,20)/t13-,15+/m0/s1. The number of rotatable bonds is 3. The summed E-state index contributed by atoms with van der Waals surface area (Å²) in [6.45, 7) is 3.06. The number of nitrogens with zero attached hydrogens (tertiary/aromatic N) is 5. The highest BCUT2D eigenvalue weighted by Crippen LogP contribution is 2.30. The molecule has 0 spiro atoms. The summed E-state index contributed by atoms with van der Waals surface area (Å²) in [5, 5.41) is 16.1. The zero-order valence-electron chi connectivity index (χ0n) is 14.4. The van der Waals surface area contributed by atoms with E-state index in [0.29, 0.717) is 18.7 Å². The predicted octanol–water partition coefficient (Wildman–Crippen LogP) is 1.25. The van der Waals surface area contributed by atoms with Crippen LogP contribution >= 0.6 is 0 Å². The summed E-state index contributed by atoms with van der Waals surface area (Å²) in [5.74, 6) is -0.00360. The molecule has 130 valence electrons. The van der Waals surface area contributed by atoms with Crippen molar-refractivity contribution in [3.05, 3.63) is 41.3 Å². The number of hydrogen-bond donors (Lipinski definition) is 1. The Morgan fingerprint density at radius 1 is 1.36 bits per heavy atom. The second-order valence-electron chi connectivity index (χ2n) is 6.55. The minimum atomic E-state index is -0.0947. The highest BCUT2D eigenvalue weighted by atomic mass is 16.5. The van der Waals surface area contributed by atoms with Crippen molar-refractivity contribution in [2.75, 3.05) is 20.2 Å². The average molecular weight is 340 g/mol. The zero-order valence-corrected chi connectivity index (χ0v) is 14.4. The molecule has 1 fully saturated rings. The fourth-order valence-corrected chi connectivity index (χ4v) is 3.54. The van der Waals surface area contributed by atoms with Crippen LogP contribution in [-0.4, -0.2) is 62.3 Å². The van der Waals surface area contributed by atoms with Crippen LogP contribution in [0.15, 0.2) is 24.5 Å². The van der Waals surface area contributed by atoms with Crippen molar-refractivity contribution in [3.63, 3.8) is 0 Å². The lowest BCUT2D eigenvalue weighted by Crippen LogP contribution is -2.30. The number of benzene rings is 1. The first-order valence-electron chi connectivity index (χ1n) is 8.19. The van der Waals surface area contributed by atoms with Gasteiger partial charge in [0.25, 0.3) is 5.91 Å². The third-order valence-corrected chi connectivity index (χ3v) is 4.78. The third kappa shape index (κ3) is 2.68. The molecule has 1 saturated heterocycles. The average Bonchev–Trinajstić information content (AvgIpc) is 3.31. The summed E-state index contributed by atoms with van der Waals surface area (Å²) in [5.41, 5.74) is 3.29. The number of methoxy groups -OCH3 is 1. The molecule has 4 rings (SSSR count). The van der Waals surface area contributed by atoms with Gasteiger partial charge in [0.15, 0.2) is 0 Å². The van der Waals surface area contributed by atoms with E-state index >= 15 is 0 Å². The van der Waals surface area contributed by atoms with Gasteiger partial charge in [-0.1, -0.05) is 5.21 Å². The van der Waals surface area contributed by atoms with Crippen LogP contribution in [-0.2, 0) is 11.8 Å². The molecular weight excluding hydrogens is 320 g/mol. The fraction of sp³-hybridized carbons (Fsp3) is 0.412. The van der Waals surface area contributed by atoms with E-state index < -0.39 is 0 Å². The second-order valence-corrected chi connectivity index (χ2v) is 6.55. The molecule has 1 aliphatic heterocycles. The van der Waals surface area contributed by atoms with Gasteiger partial charge in [-0.05, 0) is 24.6 Å². The summed E-state index contributed by atoms with van der Waals surface area (Å²) in [4.78, 5) is 15.0. The molecule has 25 heavy (non-hydrogen) atoms. The monoisotopic (exact) mass is 340 g/mol. The van der Waals surface area contributed by atoms with Crippen molar-refractivity contribution in [2.45, 2.75) is 18.9 Å². The Morgan fingerprint density at radius 2 is 2.20 bits per heavy atom. The van der Waals surface area contributed by atoms with Gasteiger partial charge in [0.05, 0.1) is 35.0 Å². The number of fused-ring (bicyclic) bond motifs is 1. The predicted molar refractivity (Wildman–Crippen MR) is 91.3 cm³/mol. The maximum absolute atomic E-state index is 13.1. The van der Waals surface area contributed by atoms with Crippen molar-refractivity contribution >= 4 is 16.8 Å². The highest BCUT2D eigenvalue weighted by molar-refractivity contribution is 6.05. The van der Waals surface area contributed by atoms with Gasteiger partial charge in [-0.15, -0.1) is 5.10 Å². The molecule has 0 saturated carbocycles. The van der Waals surface area contributed by atoms with E-state index in [1.165, 1.54) is 0 Å². The molecule has 1 aromatic carbocycles. The molecule has 1 aliphatic rings. The van der Waals surface area contributed by atoms with Crippen molar-refractivity contribution in [1.29, 1.82) is 0 Å². The van der Waals surface area contributed by atoms with Gasteiger partial charge in [0, 0.05) is 38.8 Å². The lowest BCUT2D eigenvalue weighted by Gasteiger charge is -2.16. The van der Waals surface area contributed by atoms with Gasteiger partial charge in [0.1, 0.15) is 0 Å². The number of carbonyl (C=O) groups is 1. The van der Waals surface area contributed by atoms with Crippen LogP contribution in [0.4, 0.5) is 0 Å². The Morgan fingerprint density at radius 3 is 2.92 bits per heavy atom. The van der Waals surface area contributed by atoms with Crippen LogP contribution in [0.3, 0.4) is 0 Å². The van der Waals surface area contributed by atoms with Gasteiger partial charge in [-0.25, -0.2) is 0 Å². The Balaban J connectivity index is 1.65. The number of likely N-dealkylation sites (tertiary alicyclic amines) is 1. The maximum Gasteiger partial charge on any atom is 0.256 e. The first-order valence-corrected chi connectivity index (χ1v) is 8.19. The van der Waals surface area contributed by atoms with E-state index in [-0.39, 0.29) is 17.9 Å². The van der Waals surface area contributed by atoms with Crippen LogP contribution in [0.2, 0.25) is 0 Å². The highest BCUT2D eigenvalue weighted by Gasteiger charge is 2.38. The third-order valence-electron chi connectivity index (χ3n) is 4.78. The molecule has 3 aromatic rings. The minimum Gasteiger partial charge on any atom is -0.379 e. The quantitative estimate of drug-likeness (QED) is 0.775. The van der Waals surface area contributed by atoms with Crippen molar-refractivity contribution in [2.24, 2.45) is 7.05 Å². The normalized spacial score (nSPS) is 20.5. The van der Waals surface area contributed by atoms with Gasteiger partial charge in [0.2, 0.25) is 0 Å². The van der Waals surface area contributed by atoms with E-state index in [1.54, 1.807) is 18.0 Å². The van der Waals surface area contributed by atoms with Crippen LogP contribution in [0.5, 0.6) is 0 Å². The molecule has 0 bridgehead atoms. The molecule has 8 heteroatoms. The lowest BCUT2D eigenvalue weighted by atomic mass is 10.0. The number of nitrogens with one attached hydrogen (secondary N) is 1. The zero-order chi connectivity index (χ0) is 17.6. The summed E-state index contributed by atoms with van der Waals surface area (Å²) in [6, 6.07) is 3.92. The van der Waals surface area contributed by atoms with E-state index in [0.717, 1.165) is 22.2 Å². The fourth-order valence-electron chi connectivity index (χ4n) is 3.54. The number of aromatic amines is 1. The summed E-state index contributed by atoms with van der Waals surface area (Å²) in [6.07, 6.45) is 3.52. The molecule has 0 unspecified atom stereocenters. The van der Waals surface area contributed by atoms with Gasteiger partial charge in [-0.2, -0.15) is 5.10 Å². The number of carbonyl (C=O) groups excluding carboxylic acids is 1. The molecule has 1 N–H and O–H groups in total. The van der Waals surface area contributed by atoms with Crippen LogP contribution in [0.25, 0.3) is 10.9 Å². The summed E-state index contributed by atoms with van der Waals surface area (Å²) < 4.78 is 7.28. The molecule has 2 aromatic heterocycles. The van der Waals surface area contributed by atoms with E-state index in [9.17, 15) is 4.79 Å². The number of aryl methyl sites for hydroxylation is 2. The lowest BCUT2D eigenvalue weighted by molar-refractivity contribution is 0.0715. The molecule has 3 heterocycles. The Bertz CT molecular complexity index is 930. The van der Waals surface area contributed by atoms with Crippen molar-refractivity contribution in [1.82, 2.24) is 30.1 Å². The Kier molecular flexibility index (Phi) is 3.76. The first kappa shape index (κ1) is 15.8. The van der Waals surface area contributed by atoms with Crippen LogP contribution < -0.4 is 0 Å². The van der Waals surface area contributed by atoms with Gasteiger partial charge < -0.3 is 9.64 Å². The van der Waals surface area contributed by atoms with Gasteiger partial charge in [-0.3, -0.25) is 14.6 Å².